The molecule has 1 saturated heterocycles. The van der Waals surface area contributed by atoms with Crippen molar-refractivity contribution in [3.8, 4) is 5.75 Å². The van der Waals surface area contributed by atoms with Gasteiger partial charge in [-0.15, -0.1) is 0 Å². The molecule has 122 valence electrons. The van der Waals surface area contributed by atoms with Crippen LogP contribution in [0.2, 0.25) is 0 Å². The third-order valence-electron chi connectivity index (χ3n) is 3.42. The van der Waals surface area contributed by atoms with Gasteiger partial charge in [0.05, 0.1) is 6.61 Å². The van der Waals surface area contributed by atoms with Crippen LogP contribution in [0.4, 0.5) is 4.79 Å². The second kappa shape index (κ2) is 6.64. The van der Waals surface area contributed by atoms with E-state index in [0.29, 0.717) is 18.1 Å². The van der Waals surface area contributed by atoms with Crippen molar-refractivity contribution >= 4 is 23.9 Å². The molecule has 0 atom stereocenters. The second-order valence-corrected chi connectivity index (χ2v) is 5.84. The lowest BCUT2D eigenvalue weighted by molar-refractivity contribution is -0.134. The molecule has 0 aromatic heterocycles. The van der Waals surface area contributed by atoms with Gasteiger partial charge in [-0.1, -0.05) is 26.0 Å². The number of carbonyl (C=O) groups excluding carboxylic acids is 3. The number of ether oxygens (including phenoxy) is 1. The molecule has 0 unspecified atom stereocenters. The summed E-state index contributed by atoms with van der Waals surface area (Å²) in [4.78, 5) is 37.7. The number of nitrogens with zero attached hydrogens (tertiary/aromatic N) is 2. The van der Waals surface area contributed by atoms with Crippen molar-refractivity contribution in [1.29, 1.82) is 0 Å². The lowest BCUT2D eigenvalue weighted by Gasteiger charge is -2.28. The second-order valence-electron chi connectivity index (χ2n) is 5.84. The third-order valence-corrected chi connectivity index (χ3v) is 3.42. The minimum Gasteiger partial charge on any atom is -0.493 e. The molecule has 6 nitrogen and oxygen atoms in total. The highest BCUT2D eigenvalue weighted by atomic mass is 16.5. The van der Waals surface area contributed by atoms with Crippen LogP contribution in [-0.2, 0) is 9.59 Å². The number of amides is 4. The predicted molar refractivity (Wildman–Crippen MR) is 85.7 cm³/mol. The molecule has 6 heteroatoms. The van der Waals surface area contributed by atoms with Crippen LogP contribution in [0.15, 0.2) is 29.8 Å². The SMILES string of the molecule is CC(C)COc1ccc(C=C2C(=O)N(C)C(=O)N(C)C2=O)cc1. The van der Waals surface area contributed by atoms with E-state index in [-0.39, 0.29) is 5.57 Å². The lowest BCUT2D eigenvalue weighted by Crippen LogP contribution is -2.52. The van der Waals surface area contributed by atoms with Gasteiger partial charge in [-0.3, -0.25) is 19.4 Å². The Morgan fingerprint density at radius 2 is 1.52 bits per heavy atom. The number of urea groups is 1. The Bertz CT molecular complexity index is 636. The van der Waals surface area contributed by atoms with Crippen LogP contribution in [-0.4, -0.2) is 48.3 Å². The van der Waals surface area contributed by atoms with Crippen molar-refractivity contribution in [2.24, 2.45) is 5.92 Å². The smallest absolute Gasteiger partial charge is 0.333 e. The number of benzene rings is 1. The molecule has 0 saturated carbocycles. The van der Waals surface area contributed by atoms with Crippen LogP contribution >= 0.6 is 0 Å². The third kappa shape index (κ3) is 3.59. The van der Waals surface area contributed by atoms with Crippen molar-refractivity contribution in [1.82, 2.24) is 9.80 Å². The zero-order valence-corrected chi connectivity index (χ0v) is 13.7. The van der Waals surface area contributed by atoms with E-state index in [0.717, 1.165) is 15.5 Å². The number of rotatable bonds is 4. The van der Waals surface area contributed by atoms with Crippen LogP contribution < -0.4 is 4.74 Å². The molecule has 4 amide bonds. The molecule has 1 aliphatic rings. The van der Waals surface area contributed by atoms with E-state index in [1.165, 1.54) is 20.2 Å². The summed E-state index contributed by atoms with van der Waals surface area (Å²) in [6.07, 6.45) is 1.48. The Morgan fingerprint density at radius 3 is 2.00 bits per heavy atom. The van der Waals surface area contributed by atoms with Gasteiger partial charge < -0.3 is 4.74 Å². The molecule has 2 rings (SSSR count). The molecule has 1 aromatic carbocycles. The van der Waals surface area contributed by atoms with Gasteiger partial charge in [-0.05, 0) is 29.7 Å². The van der Waals surface area contributed by atoms with Crippen LogP contribution in [0.25, 0.3) is 6.08 Å². The number of hydrogen-bond donors (Lipinski definition) is 0. The molecule has 1 aliphatic heterocycles. The first-order valence-electron chi connectivity index (χ1n) is 7.36. The number of hydrogen-bond acceptors (Lipinski definition) is 4. The van der Waals surface area contributed by atoms with E-state index < -0.39 is 17.8 Å². The largest absolute Gasteiger partial charge is 0.493 e. The number of barbiturate groups is 1. The summed E-state index contributed by atoms with van der Waals surface area (Å²) in [6, 6.07) is 6.46. The maximum Gasteiger partial charge on any atom is 0.333 e. The Balaban J connectivity index is 2.21. The van der Waals surface area contributed by atoms with Crippen molar-refractivity contribution in [2.75, 3.05) is 20.7 Å². The predicted octanol–water partition coefficient (Wildman–Crippen LogP) is 2.16. The maximum absolute atomic E-state index is 12.1. The van der Waals surface area contributed by atoms with Gasteiger partial charge in [-0.2, -0.15) is 0 Å². The molecule has 0 radical (unpaired) electrons. The number of carbonyl (C=O) groups is 3. The van der Waals surface area contributed by atoms with Gasteiger partial charge in [0.15, 0.2) is 0 Å². The van der Waals surface area contributed by atoms with E-state index in [9.17, 15) is 14.4 Å². The van der Waals surface area contributed by atoms with Gasteiger partial charge in [-0.25, -0.2) is 4.79 Å². The highest BCUT2D eigenvalue weighted by Crippen LogP contribution is 2.20. The first kappa shape index (κ1) is 16.7. The lowest BCUT2D eigenvalue weighted by atomic mass is 10.1. The standard InChI is InChI=1S/C17H20N2O4/c1-11(2)10-23-13-7-5-12(6-8-13)9-14-15(20)18(3)17(22)19(4)16(14)21/h5-9,11H,10H2,1-4H3. The molecule has 1 fully saturated rings. The average molecular weight is 316 g/mol. The molecule has 0 spiro atoms. The molecule has 1 heterocycles. The summed E-state index contributed by atoms with van der Waals surface area (Å²) in [5.41, 5.74) is 0.653. The summed E-state index contributed by atoms with van der Waals surface area (Å²) in [7, 11) is 2.70. The molecule has 0 bridgehead atoms. The molecule has 0 aliphatic carbocycles. The zero-order valence-electron chi connectivity index (χ0n) is 13.7. The fourth-order valence-corrected chi connectivity index (χ4v) is 2.06. The van der Waals surface area contributed by atoms with Crippen LogP contribution in [0, 0.1) is 5.92 Å². The highest BCUT2D eigenvalue weighted by molar-refractivity contribution is 6.30. The topological polar surface area (TPSA) is 66.9 Å². The summed E-state index contributed by atoms with van der Waals surface area (Å²) in [5, 5.41) is 0. The Morgan fingerprint density at radius 1 is 1.00 bits per heavy atom. The van der Waals surface area contributed by atoms with E-state index in [2.05, 4.69) is 13.8 Å². The van der Waals surface area contributed by atoms with Gasteiger partial charge in [0.1, 0.15) is 11.3 Å². The van der Waals surface area contributed by atoms with Crippen LogP contribution in [0.3, 0.4) is 0 Å². The van der Waals surface area contributed by atoms with Gasteiger partial charge in [0, 0.05) is 14.1 Å². The van der Waals surface area contributed by atoms with E-state index >= 15 is 0 Å². The van der Waals surface area contributed by atoms with Crippen molar-refractivity contribution in [3.63, 3.8) is 0 Å². The normalized spacial score (nSPS) is 15.5. The highest BCUT2D eigenvalue weighted by Gasteiger charge is 2.37. The van der Waals surface area contributed by atoms with Crippen molar-refractivity contribution in [3.05, 3.63) is 35.4 Å². The minimum atomic E-state index is -0.630. The Hall–Kier alpha value is -2.63. The summed E-state index contributed by atoms with van der Waals surface area (Å²) < 4.78 is 5.59. The zero-order chi connectivity index (χ0) is 17.1. The maximum atomic E-state index is 12.1. The summed E-state index contributed by atoms with van der Waals surface area (Å²) >= 11 is 0. The molecular formula is C17H20N2O4. The number of likely N-dealkylation sites (N-methyl/N-ethyl adjacent to an activating group) is 2. The first-order valence-corrected chi connectivity index (χ1v) is 7.36. The molecule has 23 heavy (non-hydrogen) atoms. The van der Waals surface area contributed by atoms with Gasteiger partial charge in [0.25, 0.3) is 11.8 Å². The van der Waals surface area contributed by atoms with Crippen LogP contribution in [0.1, 0.15) is 19.4 Å². The molecule has 0 N–H and O–H groups in total. The van der Waals surface area contributed by atoms with Crippen molar-refractivity contribution < 1.29 is 19.1 Å². The Labute approximate surface area is 135 Å². The Kier molecular flexibility index (Phi) is 4.83. The monoisotopic (exact) mass is 316 g/mol. The number of imide groups is 2. The average Bonchev–Trinajstić information content (AvgIpc) is 2.54. The summed E-state index contributed by atoms with van der Waals surface area (Å²) in [5.74, 6) is -0.0408. The van der Waals surface area contributed by atoms with E-state index in [1.807, 2.05) is 0 Å². The van der Waals surface area contributed by atoms with Crippen molar-refractivity contribution in [2.45, 2.75) is 13.8 Å². The quantitative estimate of drug-likeness (QED) is 0.630. The molecule has 1 aromatic rings. The summed E-state index contributed by atoms with van der Waals surface area (Å²) in [6.45, 7) is 4.75. The van der Waals surface area contributed by atoms with Gasteiger partial charge in [0.2, 0.25) is 0 Å². The van der Waals surface area contributed by atoms with E-state index in [1.54, 1.807) is 24.3 Å². The first-order chi connectivity index (χ1) is 10.8. The minimum absolute atomic E-state index is 0.0366. The fraction of sp³-hybridized carbons (Fsp3) is 0.353. The molecular weight excluding hydrogens is 296 g/mol. The fourth-order valence-electron chi connectivity index (χ4n) is 2.06. The van der Waals surface area contributed by atoms with Gasteiger partial charge >= 0.3 is 6.03 Å². The van der Waals surface area contributed by atoms with E-state index in [4.69, 9.17) is 4.74 Å². The van der Waals surface area contributed by atoms with Crippen LogP contribution in [0.5, 0.6) is 5.75 Å².